The molecule has 0 fully saturated rings. The van der Waals surface area contributed by atoms with E-state index in [-0.39, 0.29) is 5.91 Å². The molecule has 0 aromatic heterocycles. The highest BCUT2D eigenvalue weighted by molar-refractivity contribution is 14.1. The average Bonchev–Trinajstić information content (AvgIpc) is 2.66. The summed E-state index contributed by atoms with van der Waals surface area (Å²) in [6.45, 7) is 2.25. The summed E-state index contributed by atoms with van der Waals surface area (Å²) in [5, 5.41) is 5.94. The monoisotopic (exact) mass is 574 g/mol. The number of anilines is 1. The second kappa shape index (κ2) is 15.8. The number of hydrogen-bond acceptors (Lipinski definition) is 2. The van der Waals surface area contributed by atoms with Crippen molar-refractivity contribution >= 4 is 69.0 Å². The van der Waals surface area contributed by atoms with Crippen LogP contribution >= 0.6 is 57.4 Å². The SMILES string of the molecule is CCCCCCCCCCCCCC(=O)NC(Nc1ccccc1I)C(Cl)(Cl)Cl. The van der Waals surface area contributed by atoms with Gasteiger partial charge in [-0.1, -0.05) is 118 Å². The smallest absolute Gasteiger partial charge is 0.228 e. The molecule has 7 heteroatoms. The lowest BCUT2D eigenvalue weighted by atomic mass is 10.1. The van der Waals surface area contributed by atoms with E-state index in [9.17, 15) is 4.79 Å². The van der Waals surface area contributed by atoms with Crippen molar-refractivity contribution in [1.82, 2.24) is 5.32 Å². The second-order valence-electron chi connectivity index (χ2n) is 7.45. The number of nitrogens with one attached hydrogen (secondary N) is 2. The first-order valence-electron chi connectivity index (χ1n) is 10.7. The van der Waals surface area contributed by atoms with Gasteiger partial charge >= 0.3 is 0 Å². The first-order chi connectivity index (χ1) is 13.8. The lowest BCUT2D eigenvalue weighted by molar-refractivity contribution is -0.121. The largest absolute Gasteiger partial charge is 0.361 e. The second-order valence-corrected chi connectivity index (χ2v) is 11.0. The zero-order valence-corrected chi connectivity index (χ0v) is 21.7. The number of carbonyl (C=O) groups excluding carboxylic acids is 1. The fraction of sp³-hybridized carbons (Fsp3) is 0.682. The van der Waals surface area contributed by atoms with E-state index in [1.807, 2.05) is 24.3 Å². The third-order valence-electron chi connectivity index (χ3n) is 4.81. The summed E-state index contributed by atoms with van der Waals surface area (Å²) in [4.78, 5) is 12.3. The van der Waals surface area contributed by atoms with E-state index in [1.165, 1.54) is 57.8 Å². The summed E-state index contributed by atoms with van der Waals surface area (Å²) < 4.78 is -0.657. The highest BCUT2D eigenvalue weighted by atomic mass is 127. The molecular formula is C22H34Cl3IN2O. The van der Waals surface area contributed by atoms with Crippen molar-refractivity contribution in [3.63, 3.8) is 0 Å². The Kier molecular flexibility index (Phi) is 14.8. The molecule has 166 valence electrons. The van der Waals surface area contributed by atoms with Gasteiger partial charge in [0.2, 0.25) is 9.70 Å². The van der Waals surface area contributed by atoms with E-state index in [0.29, 0.717) is 6.42 Å². The van der Waals surface area contributed by atoms with Crippen LogP contribution in [0.1, 0.15) is 84.0 Å². The Hall–Kier alpha value is 0.0900. The van der Waals surface area contributed by atoms with Gasteiger partial charge in [-0.15, -0.1) is 0 Å². The molecule has 1 rings (SSSR count). The molecule has 0 heterocycles. The van der Waals surface area contributed by atoms with Crippen LogP contribution in [-0.2, 0) is 4.79 Å². The Balaban J connectivity index is 2.21. The number of rotatable bonds is 15. The van der Waals surface area contributed by atoms with Crippen molar-refractivity contribution in [2.75, 3.05) is 5.32 Å². The van der Waals surface area contributed by atoms with Gasteiger partial charge < -0.3 is 10.6 Å². The van der Waals surface area contributed by atoms with E-state index < -0.39 is 9.96 Å². The van der Waals surface area contributed by atoms with Crippen molar-refractivity contribution in [2.45, 2.75) is 93.9 Å². The summed E-state index contributed by atoms with van der Waals surface area (Å²) in [5.41, 5.74) is 0.819. The lowest BCUT2D eigenvalue weighted by Crippen LogP contribution is -2.49. The number of amides is 1. The number of hydrogen-bond donors (Lipinski definition) is 2. The first-order valence-corrected chi connectivity index (χ1v) is 12.9. The van der Waals surface area contributed by atoms with Gasteiger partial charge in [0.1, 0.15) is 6.17 Å². The van der Waals surface area contributed by atoms with E-state index >= 15 is 0 Å². The minimum absolute atomic E-state index is 0.101. The Labute approximate surface area is 205 Å². The molecule has 0 radical (unpaired) electrons. The van der Waals surface area contributed by atoms with Crippen LogP contribution in [0.25, 0.3) is 0 Å². The fourth-order valence-electron chi connectivity index (χ4n) is 3.12. The molecule has 0 saturated carbocycles. The van der Waals surface area contributed by atoms with Gasteiger partial charge in [0.05, 0.1) is 0 Å². The third-order valence-corrected chi connectivity index (χ3v) is 6.41. The van der Waals surface area contributed by atoms with Crippen LogP contribution < -0.4 is 10.6 Å². The zero-order chi connectivity index (χ0) is 21.5. The van der Waals surface area contributed by atoms with Crippen LogP contribution in [0.5, 0.6) is 0 Å². The molecule has 1 amide bonds. The molecule has 0 saturated heterocycles. The van der Waals surface area contributed by atoms with Crippen molar-refractivity contribution in [1.29, 1.82) is 0 Å². The van der Waals surface area contributed by atoms with Crippen molar-refractivity contribution in [3.8, 4) is 0 Å². The molecular weight excluding hydrogens is 542 g/mol. The molecule has 0 bridgehead atoms. The summed E-state index contributed by atoms with van der Waals surface area (Å²) in [6, 6.07) is 7.67. The highest BCUT2D eigenvalue weighted by Gasteiger charge is 2.34. The average molecular weight is 576 g/mol. The molecule has 3 nitrogen and oxygen atoms in total. The maximum absolute atomic E-state index is 12.3. The number of alkyl halides is 3. The Bertz CT molecular complexity index is 581. The number of carbonyl (C=O) groups is 1. The maximum Gasteiger partial charge on any atom is 0.228 e. The number of halogens is 4. The maximum atomic E-state index is 12.3. The van der Waals surface area contributed by atoms with Gasteiger partial charge in [-0.3, -0.25) is 4.79 Å². The predicted octanol–water partition coefficient (Wildman–Crippen LogP) is 8.22. The van der Waals surface area contributed by atoms with Gasteiger partial charge in [-0.05, 0) is 41.1 Å². The van der Waals surface area contributed by atoms with Crippen LogP contribution in [-0.4, -0.2) is 15.9 Å². The Morgan fingerprint density at radius 1 is 0.931 bits per heavy atom. The minimum atomic E-state index is -1.65. The van der Waals surface area contributed by atoms with E-state index in [0.717, 1.165) is 22.1 Å². The van der Waals surface area contributed by atoms with Gasteiger partial charge in [0.25, 0.3) is 0 Å². The van der Waals surface area contributed by atoms with E-state index in [2.05, 4.69) is 40.1 Å². The normalized spacial score (nSPS) is 12.6. The van der Waals surface area contributed by atoms with Gasteiger partial charge in [0.15, 0.2) is 0 Å². The number of benzene rings is 1. The van der Waals surface area contributed by atoms with Gasteiger partial charge in [-0.25, -0.2) is 0 Å². The summed E-state index contributed by atoms with van der Waals surface area (Å²) in [7, 11) is 0. The van der Waals surface area contributed by atoms with Crippen LogP contribution in [0.2, 0.25) is 0 Å². The molecule has 0 aliphatic heterocycles. The van der Waals surface area contributed by atoms with Crippen LogP contribution in [0.3, 0.4) is 0 Å². The Morgan fingerprint density at radius 3 is 1.97 bits per heavy atom. The van der Waals surface area contributed by atoms with Crippen LogP contribution in [0.4, 0.5) is 5.69 Å². The Morgan fingerprint density at radius 2 is 1.45 bits per heavy atom. The molecule has 0 spiro atoms. The quantitative estimate of drug-likeness (QED) is 0.0958. The molecule has 0 aliphatic carbocycles. The standard InChI is InChI=1S/C22H34Cl3IN2O/c1-2-3-4-5-6-7-8-9-10-11-12-17-20(29)28-21(22(23,24)25)27-19-16-14-13-15-18(19)26/h13-16,21,27H,2-12,17H2,1H3,(H,28,29). The van der Waals surface area contributed by atoms with Crippen molar-refractivity contribution < 1.29 is 4.79 Å². The summed E-state index contributed by atoms with van der Waals surface area (Å²) in [5.74, 6) is -0.101. The van der Waals surface area contributed by atoms with Gasteiger partial charge in [0, 0.05) is 15.7 Å². The molecule has 0 aliphatic rings. The molecule has 1 aromatic rings. The minimum Gasteiger partial charge on any atom is -0.361 e. The molecule has 2 N–H and O–H groups in total. The number of para-hydroxylation sites is 1. The summed E-state index contributed by atoms with van der Waals surface area (Å²) >= 11 is 20.4. The molecule has 1 atom stereocenters. The topological polar surface area (TPSA) is 41.1 Å². The first kappa shape index (κ1) is 27.1. The number of unbranched alkanes of at least 4 members (excludes halogenated alkanes) is 10. The fourth-order valence-corrected chi connectivity index (χ4v) is 3.99. The predicted molar refractivity (Wildman–Crippen MR) is 136 cm³/mol. The van der Waals surface area contributed by atoms with Crippen LogP contribution in [0.15, 0.2) is 24.3 Å². The third kappa shape index (κ3) is 13.2. The van der Waals surface area contributed by atoms with Crippen molar-refractivity contribution in [2.24, 2.45) is 0 Å². The summed E-state index contributed by atoms with van der Waals surface area (Å²) in [6.07, 6.45) is 13.4. The molecule has 29 heavy (non-hydrogen) atoms. The van der Waals surface area contributed by atoms with Crippen LogP contribution in [0, 0.1) is 3.57 Å². The van der Waals surface area contributed by atoms with E-state index in [4.69, 9.17) is 34.8 Å². The lowest BCUT2D eigenvalue weighted by Gasteiger charge is -2.28. The molecule has 1 unspecified atom stereocenters. The van der Waals surface area contributed by atoms with Crippen molar-refractivity contribution in [3.05, 3.63) is 27.8 Å². The highest BCUT2D eigenvalue weighted by Crippen LogP contribution is 2.32. The van der Waals surface area contributed by atoms with E-state index in [1.54, 1.807) is 0 Å². The molecule has 1 aromatic carbocycles. The van der Waals surface area contributed by atoms with Gasteiger partial charge in [-0.2, -0.15) is 0 Å². The zero-order valence-electron chi connectivity index (χ0n) is 17.3.